The van der Waals surface area contributed by atoms with E-state index < -0.39 is 0 Å². The zero-order chi connectivity index (χ0) is 25.1. The van der Waals surface area contributed by atoms with Crippen molar-refractivity contribution in [3.63, 3.8) is 0 Å². The Kier molecular flexibility index (Phi) is 6.02. The number of benzene rings is 1. The summed E-state index contributed by atoms with van der Waals surface area (Å²) in [5.41, 5.74) is 4.85. The fourth-order valence-corrected chi connectivity index (χ4v) is 9.94. The second kappa shape index (κ2) is 9.28. The molecule has 5 aliphatic carbocycles. The number of hydrogen-bond donors (Lipinski definition) is 0. The van der Waals surface area contributed by atoms with Crippen LogP contribution in [-0.2, 0) is 10.2 Å². The maximum atomic E-state index is 6.86. The fraction of sp³-hybridized carbons (Fsp3) is 0.486. The molecule has 1 saturated heterocycles. The van der Waals surface area contributed by atoms with E-state index in [0.717, 1.165) is 12.8 Å². The van der Waals surface area contributed by atoms with E-state index in [2.05, 4.69) is 98.5 Å². The highest BCUT2D eigenvalue weighted by Crippen LogP contribution is 2.68. The van der Waals surface area contributed by atoms with E-state index in [1.807, 2.05) is 0 Å². The van der Waals surface area contributed by atoms with E-state index in [1.165, 1.54) is 24.8 Å². The third-order valence-electron chi connectivity index (χ3n) is 10.9. The molecule has 2 fully saturated rings. The van der Waals surface area contributed by atoms with Gasteiger partial charge < -0.3 is 4.74 Å². The van der Waals surface area contributed by atoms with Crippen LogP contribution >= 0.6 is 11.6 Å². The third-order valence-corrected chi connectivity index (χ3v) is 11.3. The average Bonchev–Trinajstić information content (AvgIpc) is 3.48. The van der Waals surface area contributed by atoms with E-state index in [0.29, 0.717) is 41.4 Å². The van der Waals surface area contributed by atoms with E-state index >= 15 is 0 Å². The quantitative estimate of drug-likeness (QED) is 0.292. The minimum absolute atomic E-state index is 0.0231. The molecular formula is C35H39ClO. The molecular weight excluding hydrogens is 472 g/mol. The second-order valence-corrected chi connectivity index (χ2v) is 12.8. The van der Waals surface area contributed by atoms with Gasteiger partial charge in [-0.05, 0) is 73.2 Å². The predicted octanol–water partition coefficient (Wildman–Crippen LogP) is 8.36. The van der Waals surface area contributed by atoms with Gasteiger partial charge in [0.1, 0.15) is 0 Å². The van der Waals surface area contributed by atoms with Gasteiger partial charge in [-0.25, -0.2) is 0 Å². The van der Waals surface area contributed by atoms with Crippen molar-refractivity contribution in [2.24, 2.45) is 41.4 Å². The number of fused-ring (bicyclic) bond motifs is 6. The largest absolute Gasteiger partial charge is 0.368 e. The van der Waals surface area contributed by atoms with Crippen molar-refractivity contribution >= 4 is 11.6 Å². The number of alkyl halides is 1. The molecule has 0 spiro atoms. The Bertz CT molecular complexity index is 1200. The molecule has 37 heavy (non-hydrogen) atoms. The molecule has 1 aromatic carbocycles. The first-order chi connectivity index (χ1) is 18.2. The van der Waals surface area contributed by atoms with Gasteiger partial charge in [0.25, 0.3) is 0 Å². The van der Waals surface area contributed by atoms with Crippen molar-refractivity contribution in [3.8, 4) is 0 Å². The Hall–Kier alpha value is -2.09. The number of rotatable bonds is 4. The predicted molar refractivity (Wildman–Crippen MR) is 153 cm³/mol. The van der Waals surface area contributed by atoms with E-state index in [1.54, 1.807) is 11.1 Å². The average molecular weight is 511 g/mol. The topological polar surface area (TPSA) is 9.23 Å². The maximum absolute atomic E-state index is 6.86. The van der Waals surface area contributed by atoms with E-state index in [9.17, 15) is 0 Å². The Balaban J connectivity index is 1.45. The molecule has 0 aromatic heterocycles. The summed E-state index contributed by atoms with van der Waals surface area (Å²) in [5, 5.41) is -0.0231. The summed E-state index contributed by atoms with van der Waals surface area (Å²) in [6.07, 6.45) is 27.7. The second-order valence-electron chi connectivity index (χ2n) is 12.3. The Morgan fingerprint density at radius 2 is 1.95 bits per heavy atom. The molecule has 1 heterocycles. The third kappa shape index (κ3) is 3.39. The van der Waals surface area contributed by atoms with E-state index in [-0.39, 0.29) is 23.0 Å². The Morgan fingerprint density at radius 1 is 1.11 bits per heavy atom. The van der Waals surface area contributed by atoms with Crippen molar-refractivity contribution < 1.29 is 4.74 Å². The minimum atomic E-state index is -0.0231. The molecule has 11 unspecified atom stereocenters. The molecule has 11 atom stereocenters. The van der Waals surface area contributed by atoms with Gasteiger partial charge in [0.15, 0.2) is 0 Å². The summed E-state index contributed by atoms with van der Waals surface area (Å²) in [5.74, 6) is 3.35. The van der Waals surface area contributed by atoms with Crippen LogP contribution in [0.2, 0.25) is 0 Å². The van der Waals surface area contributed by atoms with Crippen LogP contribution in [0.3, 0.4) is 0 Å². The van der Waals surface area contributed by atoms with Crippen LogP contribution in [0.25, 0.3) is 0 Å². The number of halogens is 1. The highest BCUT2D eigenvalue weighted by atomic mass is 35.5. The molecule has 6 aliphatic rings. The summed E-state index contributed by atoms with van der Waals surface area (Å²) in [6, 6.07) is 11.6. The van der Waals surface area contributed by atoms with Crippen LogP contribution in [0.5, 0.6) is 0 Å². The normalized spacial score (nSPS) is 44.2. The van der Waals surface area contributed by atoms with Gasteiger partial charge >= 0.3 is 0 Å². The lowest BCUT2D eigenvalue weighted by Crippen LogP contribution is -2.51. The van der Waals surface area contributed by atoms with Crippen molar-refractivity contribution in [1.82, 2.24) is 0 Å². The molecule has 0 N–H and O–H groups in total. The SMILES string of the molecule is C=CC(C)C1=CC=CC2C1C1=CCCCC1C2(c1ccccc1)C1CC=CC2OC3C(Cl)C=CCC3C21. The summed E-state index contributed by atoms with van der Waals surface area (Å²) >= 11 is 6.86. The molecule has 1 saturated carbocycles. The van der Waals surface area contributed by atoms with Gasteiger partial charge in [-0.3, -0.25) is 0 Å². The summed E-state index contributed by atoms with van der Waals surface area (Å²) in [6.45, 7) is 6.54. The van der Waals surface area contributed by atoms with Crippen LogP contribution in [0.15, 0.2) is 103 Å². The molecule has 192 valence electrons. The van der Waals surface area contributed by atoms with Crippen molar-refractivity contribution in [2.45, 2.75) is 62.0 Å². The zero-order valence-corrected chi connectivity index (χ0v) is 22.6. The van der Waals surface area contributed by atoms with Crippen molar-refractivity contribution in [3.05, 3.63) is 108 Å². The highest BCUT2D eigenvalue weighted by molar-refractivity contribution is 6.22. The first-order valence-corrected chi connectivity index (χ1v) is 15.0. The number of allylic oxidation sites excluding steroid dienone is 9. The van der Waals surface area contributed by atoms with Crippen LogP contribution in [-0.4, -0.2) is 17.6 Å². The zero-order valence-electron chi connectivity index (χ0n) is 21.9. The molecule has 0 amide bonds. The minimum Gasteiger partial charge on any atom is -0.368 e. The standard InChI is InChI=1S/C35H39ClO/c1-3-22(2)24-15-9-18-28-32(24)25-14-7-8-17-27(25)35(28,23-12-5-4-6-13-23)29-19-11-21-31-33(29)26-16-10-20-30(36)34(26)37-31/h3-6,9-15,18,20-22,26-34H,1,7-8,16-17,19H2,2H3. The van der Waals surface area contributed by atoms with Gasteiger partial charge in [-0.1, -0.05) is 103 Å². The highest BCUT2D eigenvalue weighted by Gasteiger charge is 2.65. The number of hydrogen-bond acceptors (Lipinski definition) is 1. The summed E-state index contributed by atoms with van der Waals surface area (Å²) in [4.78, 5) is 0. The molecule has 0 bridgehead atoms. The van der Waals surface area contributed by atoms with Gasteiger partial charge in [-0.2, -0.15) is 0 Å². The Labute approximate surface area is 227 Å². The van der Waals surface area contributed by atoms with Crippen LogP contribution in [0, 0.1) is 41.4 Å². The van der Waals surface area contributed by atoms with Gasteiger partial charge in [-0.15, -0.1) is 18.2 Å². The molecule has 2 heteroatoms. The van der Waals surface area contributed by atoms with Gasteiger partial charge in [0.2, 0.25) is 0 Å². The molecule has 1 aromatic rings. The van der Waals surface area contributed by atoms with Crippen molar-refractivity contribution in [1.29, 1.82) is 0 Å². The summed E-state index contributed by atoms with van der Waals surface area (Å²) < 4.78 is 6.77. The molecule has 0 radical (unpaired) electrons. The first-order valence-electron chi connectivity index (χ1n) is 14.6. The monoisotopic (exact) mass is 510 g/mol. The fourth-order valence-electron chi connectivity index (χ4n) is 9.59. The molecule has 1 aliphatic heterocycles. The Morgan fingerprint density at radius 3 is 2.78 bits per heavy atom. The molecule has 7 rings (SSSR count). The van der Waals surface area contributed by atoms with Crippen LogP contribution < -0.4 is 0 Å². The van der Waals surface area contributed by atoms with Crippen LogP contribution in [0.1, 0.15) is 44.6 Å². The maximum Gasteiger partial charge on any atom is 0.0816 e. The first kappa shape index (κ1) is 24.0. The smallest absolute Gasteiger partial charge is 0.0816 e. The van der Waals surface area contributed by atoms with Gasteiger partial charge in [0, 0.05) is 11.3 Å². The van der Waals surface area contributed by atoms with E-state index in [4.69, 9.17) is 16.3 Å². The summed E-state index contributed by atoms with van der Waals surface area (Å²) in [7, 11) is 0. The molecule has 1 nitrogen and oxygen atoms in total. The van der Waals surface area contributed by atoms with Crippen LogP contribution in [0.4, 0.5) is 0 Å². The van der Waals surface area contributed by atoms with Gasteiger partial charge in [0.05, 0.1) is 17.6 Å². The lowest BCUT2D eigenvalue weighted by atomic mass is 9.50. The lowest BCUT2D eigenvalue weighted by Gasteiger charge is -2.52. The van der Waals surface area contributed by atoms with Crippen molar-refractivity contribution in [2.75, 3.05) is 0 Å². The lowest BCUT2D eigenvalue weighted by molar-refractivity contribution is 0.0311. The number of ether oxygens (including phenoxy) is 1.